The Labute approximate surface area is 189 Å². The molecular formula is C24H14N4O2Pt. The predicted molar refractivity (Wildman–Crippen MR) is 117 cm³/mol. The van der Waals surface area contributed by atoms with Crippen molar-refractivity contribution >= 4 is 54.9 Å². The molecule has 152 valence electrons. The van der Waals surface area contributed by atoms with Gasteiger partial charge in [0.2, 0.25) is 0 Å². The van der Waals surface area contributed by atoms with Crippen LogP contribution < -0.4 is 0 Å². The zero-order valence-electron chi connectivity index (χ0n) is 15.9. The summed E-state index contributed by atoms with van der Waals surface area (Å²) in [5.41, 5.74) is 4.74. The molecule has 31 heavy (non-hydrogen) atoms. The van der Waals surface area contributed by atoms with Crippen LogP contribution in [0.1, 0.15) is 0 Å². The van der Waals surface area contributed by atoms with Gasteiger partial charge in [0, 0.05) is 33.5 Å². The summed E-state index contributed by atoms with van der Waals surface area (Å²) in [6.07, 6.45) is 3.94. The molecule has 7 heteroatoms. The molecule has 0 aliphatic heterocycles. The predicted octanol–water partition coefficient (Wildman–Crippen LogP) is 5.00. The number of nitrogens with zero attached hydrogens (tertiary/aromatic N) is 4. The Kier molecular flexibility index (Phi) is 3.63. The smallest absolute Gasteiger partial charge is 0.149 e. The fourth-order valence-corrected chi connectivity index (χ4v) is 4.56. The number of aromatic nitrogens is 4. The molecule has 0 fully saturated rings. The van der Waals surface area contributed by atoms with Gasteiger partial charge < -0.3 is 10.2 Å². The summed E-state index contributed by atoms with van der Waals surface area (Å²) >= 11 is 0. The second-order valence-electron chi connectivity index (χ2n) is 7.53. The maximum atomic E-state index is 10.5. The van der Waals surface area contributed by atoms with E-state index in [0.29, 0.717) is 11.3 Å². The van der Waals surface area contributed by atoms with Crippen molar-refractivity contribution in [2.75, 3.05) is 0 Å². The van der Waals surface area contributed by atoms with E-state index >= 15 is 0 Å². The summed E-state index contributed by atoms with van der Waals surface area (Å²) in [6, 6.07) is 18.9. The number of imidazole rings is 2. The topological polar surface area (TPSA) is 75.1 Å². The van der Waals surface area contributed by atoms with Crippen LogP contribution in [0.2, 0.25) is 0 Å². The number of pyridine rings is 2. The number of benzene rings is 3. The third-order valence-corrected chi connectivity index (χ3v) is 5.92. The summed E-state index contributed by atoms with van der Waals surface area (Å²) in [5.74, 6) is 0.408. The molecule has 2 N–H and O–H groups in total. The number of aromatic hydroxyl groups is 2. The first-order chi connectivity index (χ1) is 14.7. The van der Waals surface area contributed by atoms with Crippen LogP contribution in [-0.2, 0) is 21.1 Å². The van der Waals surface area contributed by atoms with Crippen LogP contribution in [0.3, 0.4) is 0 Å². The molecule has 0 unspecified atom stereocenters. The second kappa shape index (κ2) is 6.19. The fraction of sp³-hybridized carbons (Fsp3) is 0. The standard InChI is InChI=1S/C24H14N4O2.Pt/c29-17-5-1-3-13-9-11-27-15-7-8-16-22(21(15)25-23(27)19(13)17)26-24-20-14(10-12-28(16)24)4-2-6-18(20)30;/h1-12,29-30H;. The van der Waals surface area contributed by atoms with E-state index < -0.39 is 0 Å². The van der Waals surface area contributed by atoms with Gasteiger partial charge in [0.15, 0.2) is 0 Å². The van der Waals surface area contributed by atoms with Crippen molar-refractivity contribution in [3.63, 3.8) is 0 Å². The van der Waals surface area contributed by atoms with E-state index in [4.69, 9.17) is 9.97 Å². The van der Waals surface area contributed by atoms with Crippen molar-refractivity contribution in [3.05, 3.63) is 73.1 Å². The summed E-state index contributed by atoms with van der Waals surface area (Å²) in [7, 11) is 0. The van der Waals surface area contributed by atoms with E-state index in [1.54, 1.807) is 12.1 Å². The Morgan fingerprint density at radius 2 is 1.03 bits per heavy atom. The average molecular weight is 585 g/mol. The van der Waals surface area contributed by atoms with E-state index in [0.717, 1.165) is 43.6 Å². The van der Waals surface area contributed by atoms with Gasteiger partial charge in [-0.1, -0.05) is 24.3 Å². The Morgan fingerprint density at radius 1 is 0.581 bits per heavy atom. The molecule has 0 radical (unpaired) electrons. The quantitative estimate of drug-likeness (QED) is 0.263. The van der Waals surface area contributed by atoms with Crippen LogP contribution >= 0.6 is 0 Å². The normalized spacial score (nSPS) is 11.9. The van der Waals surface area contributed by atoms with Crippen LogP contribution in [-0.4, -0.2) is 29.0 Å². The largest absolute Gasteiger partial charge is 0.507 e. The molecule has 7 aromatic rings. The van der Waals surface area contributed by atoms with Crippen LogP contribution in [0.25, 0.3) is 54.9 Å². The van der Waals surface area contributed by atoms with Crippen molar-refractivity contribution in [1.29, 1.82) is 0 Å². The minimum atomic E-state index is 0. The van der Waals surface area contributed by atoms with Crippen LogP contribution in [0, 0.1) is 0 Å². The second-order valence-corrected chi connectivity index (χ2v) is 7.53. The number of phenols is 2. The van der Waals surface area contributed by atoms with Gasteiger partial charge in [-0.3, -0.25) is 8.80 Å². The van der Waals surface area contributed by atoms with Crippen molar-refractivity contribution in [3.8, 4) is 11.5 Å². The van der Waals surface area contributed by atoms with E-state index in [1.165, 1.54) is 0 Å². The molecule has 0 aliphatic carbocycles. The molecule has 0 bridgehead atoms. The third-order valence-electron chi connectivity index (χ3n) is 5.92. The molecular weight excluding hydrogens is 571 g/mol. The Morgan fingerprint density at radius 3 is 1.48 bits per heavy atom. The summed E-state index contributed by atoms with van der Waals surface area (Å²) in [5, 5.41) is 24.2. The molecule has 0 saturated carbocycles. The summed E-state index contributed by atoms with van der Waals surface area (Å²) in [6.45, 7) is 0. The van der Waals surface area contributed by atoms with Gasteiger partial charge in [-0.25, -0.2) is 9.97 Å². The molecule has 4 aromatic heterocycles. The third kappa shape index (κ3) is 2.25. The molecule has 0 saturated heterocycles. The van der Waals surface area contributed by atoms with Crippen LogP contribution in [0.5, 0.6) is 11.5 Å². The maximum absolute atomic E-state index is 10.5. The van der Waals surface area contributed by atoms with Crippen molar-refractivity contribution in [1.82, 2.24) is 18.8 Å². The first-order valence-corrected chi connectivity index (χ1v) is 9.65. The zero-order valence-corrected chi connectivity index (χ0v) is 18.2. The van der Waals surface area contributed by atoms with E-state index in [1.807, 2.05) is 69.7 Å². The summed E-state index contributed by atoms with van der Waals surface area (Å²) in [4.78, 5) is 9.79. The number of phenolic OH excluding ortho intramolecular Hbond substituents is 2. The first kappa shape index (κ1) is 18.2. The zero-order chi connectivity index (χ0) is 20.0. The van der Waals surface area contributed by atoms with Gasteiger partial charge in [0.1, 0.15) is 33.8 Å². The van der Waals surface area contributed by atoms with E-state index in [2.05, 4.69) is 0 Å². The number of hydrogen-bond donors (Lipinski definition) is 2. The molecule has 0 spiro atoms. The molecule has 0 atom stereocenters. The molecule has 6 nitrogen and oxygen atoms in total. The van der Waals surface area contributed by atoms with Gasteiger partial charge in [-0.2, -0.15) is 0 Å². The fourth-order valence-electron chi connectivity index (χ4n) is 4.56. The van der Waals surface area contributed by atoms with Gasteiger partial charge in [0.25, 0.3) is 0 Å². The van der Waals surface area contributed by atoms with E-state index in [9.17, 15) is 10.2 Å². The van der Waals surface area contributed by atoms with Crippen molar-refractivity contribution in [2.24, 2.45) is 0 Å². The number of fused-ring (bicyclic) bond motifs is 11. The molecule has 0 amide bonds. The SMILES string of the molecule is Oc1cccc2ccn3c4ccc5c(nc6c7c(O)cccc7ccn56)c4nc3c12.[Pt]. The summed E-state index contributed by atoms with van der Waals surface area (Å²) < 4.78 is 3.97. The Bertz CT molecular complexity index is 1700. The first-order valence-electron chi connectivity index (χ1n) is 9.65. The number of hydrogen-bond acceptors (Lipinski definition) is 4. The Balaban J connectivity index is 0.00000185. The van der Waals surface area contributed by atoms with Gasteiger partial charge in [0.05, 0.1) is 21.8 Å². The van der Waals surface area contributed by atoms with Crippen LogP contribution in [0.15, 0.2) is 73.1 Å². The van der Waals surface area contributed by atoms with Crippen molar-refractivity contribution < 1.29 is 31.3 Å². The van der Waals surface area contributed by atoms with Gasteiger partial charge in [-0.05, 0) is 47.2 Å². The van der Waals surface area contributed by atoms with Gasteiger partial charge >= 0.3 is 0 Å². The number of rotatable bonds is 0. The average Bonchev–Trinajstić information content (AvgIpc) is 3.32. The molecule has 0 aliphatic rings. The molecule has 3 aromatic carbocycles. The minimum Gasteiger partial charge on any atom is -0.507 e. The monoisotopic (exact) mass is 585 g/mol. The van der Waals surface area contributed by atoms with Crippen LogP contribution in [0.4, 0.5) is 0 Å². The van der Waals surface area contributed by atoms with E-state index in [-0.39, 0.29) is 32.6 Å². The molecule has 7 rings (SSSR count). The van der Waals surface area contributed by atoms with Crippen molar-refractivity contribution in [2.45, 2.75) is 0 Å². The molecule has 4 heterocycles. The Hall–Kier alpha value is -3.63. The minimum absolute atomic E-state index is 0. The van der Waals surface area contributed by atoms with Gasteiger partial charge in [-0.15, -0.1) is 0 Å². The maximum Gasteiger partial charge on any atom is 0.149 e.